The average Bonchev–Trinajstić information content (AvgIpc) is 2.48. The van der Waals surface area contributed by atoms with Crippen LogP contribution in [0, 0.1) is 18.8 Å². The fraction of sp³-hybridized carbons (Fsp3) is 0.750. The molecule has 0 spiro atoms. The lowest BCUT2D eigenvalue weighted by atomic mass is 9.75. The SMILES string of the molecule is CCc1nnc(C)cc1C(NN)C1CCCC(CC)C1. The Hall–Kier alpha value is -1.00. The normalized spacial score (nSPS) is 24.6. The second-order valence-corrected chi connectivity index (χ2v) is 6.09. The molecule has 3 N–H and O–H groups in total. The Bertz CT molecular complexity index is 432. The number of hydrogen-bond donors (Lipinski definition) is 2. The molecular formula is C16H28N4. The molecule has 0 aliphatic heterocycles. The van der Waals surface area contributed by atoms with Crippen LogP contribution in [0.3, 0.4) is 0 Å². The predicted molar refractivity (Wildman–Crippen MR) is 82.0 cm³/mol. The van der Waals surface area contributed by atoms with Crippen molar-refractivity contribution in [2.45, 2.75) is 65.3 Å². The van der Waals surface area contributed by atoms with E-state index in [-0.39, 0.29) is 6.04 Å². The summed E-state index contributed by atoms with van der Waals surface area (Å²) >= 11 is 0. The zero-order valence-electron chi connectivity index (χ0n) is 13.0. The predicted octanol–water partition coefficient (Wildman–Crippen LogP) is 3.07. The Balaban J connectivity index is 2.25. The first-order valence-electron chi connectivity index (χ1n) is 7.98. The molecule has 3 atom stereocenters. The van der Waals surface area contributed by atoms with Crippen LogP contribution in [0.25, 0.3) is 0 Å². The van der Waals surface area contributed by atoms with Gasteiger partial charge in [0.15, 0.2) is 0 Å². The van der Waals surface area contributed by atoms with Crippen molar-refractivity contribution in [2.75, 3.05) is 0 Å². The van der Waals surface area contributed by atoms with E-state index in [2.05, 4.69) is 35.5 Å². The fourth-order valence-corrected chi connectivity index (χ4v) is 3.56. The fourth-order valence-electron chi connectivity index (χ4n) is 3.56. The first kappa shape index (κ1) is 15.4. The van der Waals surface area contributed by atoms with Crippen molar-refractivity contribution in [3.8, 4) is 0 Å². The van der Waals surface area contributed by atoms with E-state index in [1.54, 1.807) is 0 Å². The van der Waals surface area contributed by atoms with Crippen molar-refractivity contribution in [3.63, 3.8) is 0 Å². The zero-order valence-corrected chi connectivity index (χ0v) is 13.0. The third kappa shape index (κ3) is 3.36. The first-order valence-corrected chi connectivity index (χ1v) is 7.98. The number of nitrogens with one attached hydrogen (secondary N) is 1. The number of rotatable bonds is 5. The summed E-state index contributed by atoms with van der Waals surface area (Å²) in [6.45, 7) is 6.43. The monoisotopic (exact) mass is 276 g/mol. The van der Waals surface area contributed by atoms with Crippen LogP contribution in [0.5, 0.6) is 0 Å². The van der Waals surface area contributed by atoms with Crippen molar-refractivity contribution >= 4 is 0 Å². The Morgan fingerprint density at radius 3 is 2.80 bits per heavy atom. The minimum atomic E-state index is 0.216. The molecule has 1 saturated carbocycles. The summed E-state index contributed by atoms with van der Waals surface area (Å²) in [4.78, 5) is 0. The third-order valence-corrected chi connectivity index (χ3v) is 4.75. The second-order valence-electron chi connectivity index (χ2n) is 6.09. The minimum absolute atomic E-state index is 0.216. The van der Waals surface area contributed by atoms with Gasteiger partial charge in [-0.2, -0.15) is 10.2 Å². The Morgan fingerprint density at radius 1 is 1.35 bits per heavy atom. The van der Waals surface area contributed by atoms with Crippen molar-refractivity contribution in [3.05, 3.63) is 23.0 Å². The summed E-state index contributed by atoms with van der Waals surface area (Å²) in [6, 6.07) is 2.37. The minimum Gasteiger partial charge on any atom is -0.271 e. The molecule has 1 fully saturated rings. The van der Waals surface area contributed by atoms with Gasteiger partial charge in [0.1, 0.15) is 0 Å². The molecule has 0 saturated heterocycles. The molecule has 1 heterocycles. The van der Waals surface area contributed by atoms with E-state index in [1.807, 2.05) is 6.92 Å². The van der Waals surface area contributed by atoms with Gasteiger partial charge in [0.25, 0.3) is 0 Å². The van der Waals surface area contributed by atoms with Gasteiger partial charge < -0.3 is 0 Å². The Labute approximate surface area is 122 Å². The summed E-state index contributed by atoms with van der Waals surface area (Å²) in [7, 11) is 0. The molecule has 112 valence electrons. The van der Waals surface area contributed by atoms with Crippen LogP contribution < -0.4 is 11.3 Å². The van der Waals surface area contributed by atoms with Crippen molar-refractivity contribution in [1.82, 2.24) is 15.6 Å². The summed E-state index contributed by atoms with van der Waals surface area (Å²) in [5.74, 6) is 7.37. The first-order chi connectivity index (χ1) is 9.69. The standard InChI is InChI=1S/C16H28N4/c1-4-12-7-6-8-13(10-12)16(18-17)14-9-11(3)19-20-15(14)5-2/h9,12-13,16,18H,4-8,10,17H2,1-3H3. The molecule has 3 unspecified atom stereocenters. The molecule has 0 amide bonds. The van der Waals surface area contributed by atoms with E-state index < -0.39 is 0 Å². The molecule has 1 aliphatic rings. The van der Waals surface area contributed by atoms with Crippen LogP contribution in [-0.4, -0.2) is 10.2 Å². The Kier molecular flexibility index (Phi) is 5.49. The number of nitrogens with zero attached hydrogens (tertiary/aromatic N) is 2. The number of hydrogen-bond acceptors (Lipinski definition) is 4. The molecule has 4 nitrogen and oxygen atoms in total. The molecule has 0 radical (unpaired) electrons. The van der Waals surface area contributed by atoms with E-state index in [0.717, 1.165) is 23.7 Å². The Morgan fingerprint density at radius 2 is 2.15 bits per heavy atom. The van der Waals surface area contributed by atoms with Gasteiger partial charge in [0.05, 0.1) is 17.4 Å². The maximum atomic E-state index is 5.90. The molecule has 4 heteroatoms. The number of hydrazine groups is 1. The van der Waals surface area contributed by atoms with Gasteiger partial charge >= 0.3 is 0 Å². The summed E-state index contributed by atoms with van der Waals surface area (Å²) in [6.07, 6.45) is 7.41. The summed E-state index contributed by atoms with van der Waals surface area (Å²) < 4.78 is 0. The van der Waals surface area contributed by atoms with E-state index in [0.29, 0.717) is 5.92 Å². The van der Waals surface area contributed by atoms with Crippen LogP contribution in [-0.2, 0) is 6.42 Å². The molecule has 1 aromatic rings. The quantitative estimate of drug-likeness (QED) is 0.641. The number of nitrogens with two attached hydrogens (primary N) is 1. The van der Waals surface area contributed by atoms with E-state index in [4.69, 9.17) is 5.84 Å². The molecule has 0 bridgehead atoms. The maximum Gasteiger partial charge on any atom is 0.0676 e. The number of aryl methyl sites for hydroxylation is 2. The van der Waals surface area contributed by atoms with Gasteiger partial charge in [-0.1, -0.05) is 33.1 Å². The van der Waals surface area contributed by atoms with Gasteiger partial charge in [-0.05, 0) is 49.7 Å². The summed E-state index contributed by atoms with van der Waals surface area (Å²) in [5, 5.41) is 8.54. The van der Waals surface area contributed by atoms with Crippen LogP contribution >= 0.6 is 0 Å². The molecular weight excluding hydrogens is 248 g/mol. The molecule has 1 aromatic heterocycles. The van der Waals surface area contributed by atoms with Gasteiger partial charge in [-0.3, -0.25) is 11.3 Å². The summed E-state index contributed by atoms with van der Waals surface area (Å²) in [5.41, 5.74) is 6.37. The average molecular weight is 276 g/mol. The van der Waals surface area contributed by atoms with E-state index in [1.165, 1.54) is 37.7 Å². The highest BCUT2D eigenvalue weighted by atomic mass is 15.2. The molecule has 0 aromatic carbocycles. The van der Waals surface area contributed by atoms with Gasteiger partial charge in [0, 0.05) is 0 Å². The highest BCUT2D eigenvalue weighted by molar-refractivity contribution is 5.25. The topological polar surface area (TPSA) is 63.8 Å². The molecule has 20 heavy (non-hydrogen) atoms. The largest absolute Gasteiger partial charge is 0.271 e. The van der Waals surface area contributed by atoms with Crippen LogP contribution in [0.2, 0.25) is 0 Å². The number of aromatic nitrogens is 2. The van der Waals surface area contributed by atoms with Gasteiger partial charge in [-0.15, -0.1) is 0 Å². The third-order valence-electron chi connectivity index (χ3n) is 4.75. The lowest BCUT2D eigenvalue weighted by molar-refractivity contribution is 0.209. The lowest BCUT2D eigenvalue weighted by Crippen LogP contribution is -2.36. The smallest absolute Gasteiger partial charge is 0.0676 e. The van der Waals surface area contributed by atoms with Crippen LogP contribution in [0.4, 0.5) is 0 Å². The van der Waals surface area contributed by atoms with E-state index in [9.17, 15) is 0 Å². The van der Waals surface area contributed by atoms with Crippen LogP contribution in [0.15, 0.2) is 6.07 Å². The van der Waals surface area contributed by atoms with Gasteiger partial charge in [-0.25, -0.2) is 0 Å². The zero-order chi connectivity index (χ0) is 14.5. The van der Waals surface area contributed by atoms with Crippen molar-refractivity contribution in [1.29, 1.82) is 0 Å². The molecule has 1 aliphatic carbocycles. The van der Waals surface area contributed by atoms with Crippen molar-refractivity contribution < 1.29 is 0 Å². The van der Waals surface area contributed by atoms with E-state index >= 15 is 0 Å². The highest BCUT2D eigenvalue weighted by Gasteiger charge is 2.29. The lowest BCUT2D eigenvalue weighted by Gasteiger charge is -2.34. The maximum absolute atomic E-state index is 5.90. The van der Waals surface area contributed by atoms with Gasteiger partial charge in [0.2, 0.25) is 0 Å². The highest BCUT2D eigenvalue weighted by Crippen LogP contribution is 2.38. The molecule has 2 rings (SSSR count). The van der Waals surface area contributed by atoms with Crippen molar-refractivity contribution in [2.24, 2.45) is 17.7 Å². The second kappa shape index (κ2) is 7.14. The van der Waals surface area contributed by atoms with Crippen LogP contribution in [0.1, 0.15) is 68.9 Å².